The number of phenols is 1. The van der Waals surface area contributed by atoms with Crippen molar-refractivity contribution < 1.29 is 14.6 Å². The van der Waals surface area contributed by atoms with Gasteiger partial charge in [-0.1, -0.05) is 5.21 Å². The Kier molecular flexibility index (Phi) is 4.34. The van der Waals surface area contributed by atoms with Crippen LogP contribution in [0.3, 0.4) is 0 Å². The minimum atomic E-state index is -0.459. The van der Waals surface area contributed by atoms with Gasteiger partial charge in [-0.15, -0.1) is 5.10 Å². The first kappa shape index (κ1) is 16.5. The predicted octanol–water partition coefficient (Wildman–Crippen LogP) is 2.78. The molecule has 0 radical (unpaired) electrons. The second-order valence-corrected chi connectivity index (χ2v) is 7.36. The lowest BCUT2D eigenvalue weighted by atomic mass is 9.97. The Labute approximate surface area is 141 Å². The molecule has 1 amide bonds. The van der Waals surface area contributed by atoms with Crippen LogP contribution in [0.2, 0.25) is 0 Å². The van der Waals surface area contributed by atoms with E-state index in [0.29, 0.717) is 24.5 Å². The Hall–Kier alpha value is -2.31. The predicted molar refractivity (Wildman–Crippen MR) is 89.7 cm³/mol. The molecule has 7 nitrogen and oxygen atoms in total. The van der Waals surface area contributed by atoms with Gasteiger partial charge in [-0.25, -0.2) is 9.48 Å². The van der Waals surface area contributed by atoms with Gasteiger partial charge >= 0.3 is 6.09 Å². The fourth-order valence-corrected chi connectivity index (χ4v) is 2.96. The lowest BCUT2D eigenvalue weighted by Crippen LogP contribution is -2.42. The summed E-state index contributed by atoms with van der Waals surface area (Å²) in [4.78, 5) is 13.9. The van der Waals surface area contributed by atoms with Gasteiger partial charge in [0, 0.05) is 25.7 Å². The van der Waals surface area contributed by atoms with E-state index in [1.807, 2.05) is 31.5 Å². The van der Waals surface area contributed by atoms with Crippen LogP contribution in [0.15, 0.2) is 18.2 Å². The molecule has 1 aromatic carbocycles. The SMILES string of the molecule is CC(C)(C)OC(=O)N1CCC(Cn2nnc3cc(O)ccc32)CC1. The van der Waals surface area contributed by atoms with Crippen molar-refractivity contribution in [3.63, 3.8) is 0 Å². The first-order chi connectivity index (χ1) is 11.3. The number of fused-ring (bicyclic) bond motifs is 1. The van der Waals surface area contributed by atoms with Crippen LogP contribution < -0.4 is 0 Å². The fourth-order valence-electron chi connectivity index (χ4n) is 2.96. The minimum Gasteiger partial charge on any atom is -0.508 e. The van der Waals surface area contributed by atoms with Gasteiger partial charge in [-0.3, -0.25) is 0 Å². The van der Waals surface area contributed by atoms with E-state index in [0.717, 1.165) is 24.9 Å². The number of ether oxygens (including phenoxy) is 1. The van der Waals surface area contributed by atoms with Crippen molar-refractivity contribution in [3.8, 4) is 5.75 Å². The third kappa shape index (κ3) is 3.77. The number of rotatable bonds is 2. The zero-order chi connectivity index (χ0) is 17.3. The molecular weight excluding hydrogens is 308 g/mol. The Morgan fingerprint density at radius 3 is 2.71 bits per heavy atom. The van der Waals surface area contributed by atoms with Gasteiger partial charge in [0.15, 0.2) is 0 Å². The summed E-state index contributed by atoms with van der Waals surface area (Å²) < 4.78 is 7.30. The molecule has 130 valence electrons. The molecule has 0 atom stereocenters. The molecule has 2 heterocycles. The van der Waals surface area contributed by atoms with Crippen LogP contribution in [0, 0.1) is 5.92 Å². The van der Waals surface area contributed by atoms with Gasteiger partial charge in [0.1, 0.15) is 16.9 Å². The van der Waals surface area contributed by atoms with Gasteiger partial charge in [0.05, 0.1) is 5.52 Å². The molecule has 3 rings (SSSR count). The third-order valence-corrected chi connectivity index (χ3v) is 4.19. The zero-order valence-corrected chi connectivity index (χ0v) is 14.4. The summed E-state index contributed by atoms with van der Waals surface area (Å²) in [6.07, 6.45) is 1.60. The highest BCUT2D eigenvalue weighted by molar-refractivity contribution is 5.75. The molecule has 0 saturated carbocycles. The Bertz CT molecular complexity index is 727. The van der Waals surface area contributed by atoms with E-state index < -0.39 is 5.60 Å². The summed E-state index contributed by atoms with van der Waals surface area (Å²) in [7, 11) is 0. The van der Waals surface area contributed by atoms with Crippen LogP contribution in [-0.2, 0) is 11.3 Å². The molecule has 24 heavy (non-hydrogen) atoms. The summed E-state index contributed by atoms with van der Waals surface area (Å²) in [5.74, 6) is 0.641. The Morgan fingerprint density at radius 1 is 1.33 bits per heavy atom. The Morgan fingerprint density at radius 2 is 2.04 bits per heavy atom. The number of aromatic nitrogens is 3. The average Bonchev–Trinajstić information content (AvgIpc) is 2.88. The molecule has 0 unspecified atom stereocenters. The van der Waals surface area contributed by atoms with Gasteiger partial charge < -0.3 is 14.7 Å². The fraction of sp³-hybridized carbons (Fsp3) is 0.588. The van der Waals surface area contributed by atoms with Gasteiger partial charge in [0.2, 0.25) is 0 Å². The van der Waals surface area contributed by atoms with Gasteiger partial charge in [0.25, 0.3) is 0 Å². The van der Waals surface area contributed by atoms with Crippen molar-refractivity contribution in [1.82, 2.24) is 19.9 Å². The number of benzene rings is 1. The first-order valence-corrected chi connectivity index (χ1v) is 8.32. The lowest BCUT2D eigenvalue weighted by molar-refractivity contribution is 0.0177. The maximum absolute atomic E-state index is 12.1. The van der Waals surface area contributed by atoms with E-state index >= 15 is 0 Å². The average molecular weight is 332 g/mol. The highest BCUT2D eigenvalue weighted by Crippen LogP contribution is 2.23. The second-order valence-electron chi connectivity index (χ2n) is 7.36. The van der Waals surface area contributed by atoms with E-state index in [1.165, 1.54) is 0 Å². The molecule has 1 fully saturated rings. The molecule has 0 bridgehead atoms. The maximum Gasteiger partial charge on any atom is 0.410 e. The number of amides is 1. The van der Waals surface area contributed by atoms with Crippen LogP contribution in [0.5, 0.6) is 5.75 Å². The maximum atomic E-state index is 12.1. The largest absolute Gasteiger partial charge is 0.508 e. The van der Waals surface area contributed by atoms with Crippen LogP contribution in [0.4, 0.5) is 4.79 Å². The smallest absolute Gasteiger partial charge is 0.410 e. The molecule has 1 aliphatic heterocycles. The van der Waals surface area contributed by atoms with Gasteiger partial charge in [-0.05, 0) is 51.7 Å². The standard InChI is InChI=1S/C17H24N4O3/c1-17(2,3)24-16(23)20-8-6-12(7-9-20)11-21-15-5-4-13(22)10-14(15)18-19-21/h4-5,10,12,22H,6-9,11H2,1-3H3. The molecule has 1 saturated heterocycles. The zero-order valence-electron chi connectivity index (χ0n) is 14.4. The summed E-state index contributed by atoms with van der Waals surface area (Å²) in [6.45, 7) is 7.81. The normalized spacial score (nSPS) is 16.5. The molecule has 1 N–H and O–H groups in total. The minimum absolute atomic E-state index is 0.195. The number of aromatic hydroxyl groups is 1. The number of phenolic OH excluding ortho intramolecular Hbond substituents is 1. The molecular formula is C17H24N4O3. The third-order valence-electron chi connectivity index (χ3n) is 4.19. The van der Waals surface area contributed by atoms with Crippen molar-refractivity contribution in [2.75, 3.05) is 13.1 Å². The number of piperidine rings is 1. The van der Waals surface area contributed by atoms with E-state index in [2.05, 4.69) is 10.3 Å². The Balaban J connectivity index is 1.58. The number of hydrogen-bond acceptors (Lipinski definition) is 5. The van der Waals surface area contributed by atoms with Crippen molar-refractivity contribution in [2.24, 2.45) is 5.92 Å². The second kappa shape index (κ2) is 6.30. The molecule has 1 aromatic heterocycles. The molecule has 2 aromatic rings. The number of nitrogens with zero attached hydrogens (tertiary/aromatic N) is 4. The first-order valence-electron chi connectivity index (χ1n) is 8.32. The quantitative estimate of drug-likeness (QED) is 0.914. The van der Waals surface area contributed by atoms with E-state index in [9.17, 15) is 9.90 Å². The van der Waals surface area contributed by atoms with E-state index in [4.69, 9.17) is 4.74 Å². The number of carbonyl (C=O) groups is 1. The summed E-state index contributed by atoms with van der Waals surface area (Å²) >= 11 is 0. The monoisotopic (exact) mass is 332 g/mol. The molecule has 0 aliphatic carbocycles. The number of likely N-dealkylation sites (tertiary alicyclic amines) is 1. The molecule has 7 heteroatoms. The van der Waals surface area contributed by atoms with E-state index in [1.54, 1.807) is 17.0 Å². The topological polar surface area (TPSA) is 80.5 Å². The van der Waals surface area contributed by atoms with Crippen molar-refractivity contribution in [1.29, 1.82) is 0 Å². The lowest BCUT2D eigenvalue weighted by Gasteiger charge is -2.33. The van der Waals surface area contributed by atoms with Crippen molar-refractivity contribution >= 4 is 17.1 Å². The highest BCUT2D eigenvalue weighted by Gasteiger charge is 2.27. The molecule has 0 spiro atoms. The van der Waals surface area contributed by atoms with Crippen LogP contribution in [-0.4, -0.2) is 49.8 Å². The van der Waals surface area contributed by atoms with Gasteiger partial charge in [-0.2, -0.15) is 0 Å². The van der Waals surface area contributed by atoms with Crippen molar-refractivity contribution in [2.45, 2.75) is 45.8 Å². The summed E-state index contributed by atoms with van der Waals surface area (Å²) in [5.41, 5.74) is 1.16. The number of carbonyl (C=O) groups excluding carboxylic acids is 1. The highest BCUT2D eigenvalue weighted by atomic mass is 16.6. The number of hydrogen-bond donors (Lipinski definition) is 1. The van der Waals surface area contributed by atoms with E-state index in [-0.39, 0.29) is 11.8 Å². The van der Waals surface area contributed by atoms with Crippen LogP contribution in [0.25, 0.3) is 11.0 Å². The van der Waals surface area contributed by atoms with Crippen molar-refractivity contribution in [3.05, 3.63) is 18.2 Å². The summed E-state index contributed by atoms with van der Waals surface area (Å²) in [5, 5.41) is 17.8. The summed E-state index contributed by atoms with van der Waals surface area (Å²) in [6, 6.07) is 5.09. The van der Waals surface area contributed by atoms with Crippen LogP contribution >= 0.6 is 0 Å². The molecule has 1 aliphatic rings. The van der Waals surface area contributed by atoms with Crippen LogP contribution in [0.1, 0.15) is 33.6 Å².